The van der Waals surface area contributed by atoms with Gasteiger partial charge in [0.2, 0.25) is 0 Å². The lowest BCUT2D eigenvalue weighted by atomic mass is 10.0. The van der Waals surface area contributed by atoms with E-state index in [9.17, 15) is 4.79 Å². The Kier molecular flexibility index (Phi) is 6.04. The molecule has 0 unspecified atom stereocenters. The molecule has 1 atom stereocenters. The number of ether oxygens (including phenoxy) is 3. The van der Waals surface area contributed by atoms with Crippen LogP contribution in [0.2, 0.25) is 0 Å². The first-order chi connectivity index (χ1) is 12.6. The van der Waals surface area contributed by atoms with Gasteiger partial charge in [-0.05, 0) is 49.2 Å². The van der Waals surface area contributed by atoms with Gasteiger partial charge in [0, 0.05) is 22.6 Å². The van der Waals surface area contributed by atoms with E-state index in [2.05, 4.69) is 15.9 Å². The smallest absolute Gasteiger partial charge is 0.261 e. The summed E-state index contributed by atoms with van der Waals surface area (Å²) in [6, 6.07) is 13.2. The molecule has 0 bridgehead atoms. The molecule has 0 aliphatic carbocycles. The Morgan fingerprint density at radius 3 is 2.54 bits per heavy atom. The largest absolute Gasteiger partial charge is 0.497 e. The minimum Gasteiger partial charge on any atom is -0.497 e. The number of benzene rings is 2. The van der Waals surface area contributed by atoms with E-state index < -0.39 is 0 Å². The maximum atomic E-state index is 12.7. The third-order valence-electron chi connectivity index (χ3n) is 4.55. The summed E-state index contributed by atoms with van der Waals surface area (Å²) in [6.07, 6.45) is 1.87. The van der Waals surface area contributed by atoms with E-state index in [1.54, 1.807) is 14.2 Å². The number of hydrogen-bond donors (Lipinski definition) is 0. The number of methoxy groups -OCH3 is 2. The summed E-state index contributed by atoms with van der Waals surface area (Å²) < 4.78 is 17.4. The summed E-state index contributed by atoms with van der Waals surface area (Å²) >= 11 is 3.39. The predicted octanol–water partition coefficient (Wildman–Crippen LogP) is 4.21. The Morgan fingerprint density at radius 1 is 1.12 bits per heavy atom. The zero-order valence-electron chi connectivity index (χ0n) is 14.9. The average molecular weight is 420 g/mol. The van der Waals surface area contributed by atoms with Crippen LogP contribution < -0.4 is 14.2 Å². The van der Waals surface area contributed by atoms with E-state index in [0.29, 0.717) is 5.75 Å². The molecule has 5 nitrogen and oxygen atoms in total. The van der Waals surface area contributed by atoms with Crippen LogP contribution in [0.15, 0.2) is 46.9 Å². The molecule has 3 rings (SSSR count). The number of hydrogen-bond acceptors (Lipinski definition) is 4. The second-order valence-electron chi connectivity index (χ2n) is 6.10. The molecule has 26 heavy (non-hydrogen) atoms. The van der Waals surface area contributed by atoms with Crippen molar-refractivity contribution in [3.63, 3.8) is 0 Å². The number of likely N-dealkylation sites (tertiary alicyclic amines) is 1. The van der Waals surface area contributed by atoms with Gasteiger partial charge in [-0.1, -0.05) is 15.9 Å². The van der Waals surface area contributed by atoms with Gasteiger partial charge >= 0.3 is 0 Å². The van der Waals surface area contributed by atoms with Crippen LogP contribution in [0, 0.1) is 0 Å². The fraction of sp³-hybridized carbons (Fsp3) is 0.350. The van der Waals surface area contributed by atoms with Gasteiger partial charge in [-0.25, -0.2) is 0 Å². The molecular formula is C20H22BrNO4. The van der Waals surface area contributed by atoms with Crippen molar-refractivity contribution in [1.29, 1.82) is 0 Å². The predicted molar refractivity (Wildman–Crippen MR) is 103 cm³/mol. The van der Waals surface area contributed by atoms with Crippen LogP contribution in [0.3, 0.4) is 0 Å². The molecule has 138 valence electrons. The molecule has 0 aromatic heterocycles. The van der Waals surface area contributed by atoms with Gasteiger partial charge in [-0.2, -0.15) is 0 Å². The van der Waals surface area contributed by atoms with Crippen LogP contribution in [0.25, 0.3) is 0 Å². The molecule has 1 aliphatic heterocycles. The Labute approximate surface area is 162 Å². The third-order valence-corrected chi connectivity index (χ3v) is 5.08. The molecule has 0 spiro atoms. The van der Waals surface area contributed by atoms with Crippen LogP contribution in [0.5, 0.6) is 17.2 Å². The van der Waals surface area contributed by atoms with Gasteiger partial charge in [0.25, 0.3) is 5.91 Å². The van der Waals surface area contributed by atoms with Gasteiger partial charge in [0.1, 0.15) is 17.2 Å². The summed E-state index contributed by atoms with van der Waals surface area (Å²) in [5, 5.41) is 0. The van der Waals surface area contributed by atoms with Gasteiger partial charge in [-0.15, -0.1) is 0 Å². The first-order valence-electron chi connectivity index (χ1n) is 8.52. The maximum absolute atomic E-state index is 12.7. The minimum atomic E-state index is -0.0201. The lowest BCUT2D eigenvalue weighted by molar-refractivity contribution is -0.134. The molecule has 2 aromatic carbocycles. The lowest BCUT2D eigenvalue weighted by Crippen LogP contribution is -2.34. The second kappa shape index (κ2) is 8.45. The van der Waals surface area contributed by atoms with Crippen molar-refractivity contribution in [2.24, 2.45) is 0 Å². The van der Waals surface area contributed by atoms with E-state index in [4.69, 9.17) is 14.2 Å². The van der Waals surface area contributed by atoms with Crippen LogP contribution in [-0.4, -0.2) is 38.2 Å². The normalized spacial score (nSPS) is 16.4. The van der Waals surface area contributed by atoms with Crippen molar-refractivity contribution in [2.75, 3.05) is 27.4 Å². The molecule has 0 radical (unpaired) electrons. The molecule has 0 N–H and O–H groups in total. The molecule has 1 fully saturated rings. The van der Waals surface area contributed by atoms with Crippen LogP contribution in [0.4, 0.5) is 0 Å². The summed E-state index contributed by atoms with van der Waals surface area (Å²) in [5.74, 6) is 2.13. The zero-order valence-corrected chi connectivity index (χ0v) is 16.5. The monoisotopic (exact) mass is 419 g/mol. The summed E-state index contributed by atoms with van der Waals surface area (Å²) in [5.41, 5.74) is 1.00. The van der Waals surface area contributed by atoms with E-state index in [1.807, 2.05) is 47.4 Å². The average Bonchev–Trinajstić information content (AvgIpc) is 3.16. The van der Waals surface area contributed by atoms with Crippen LogP contribution >= 0.6 is 15.9 Å². The molecule has 1 aliphatic rings. The summed E-state index contributed by atoms with van der Waals surface area (Å²) in [6.45, 7) is 0.749. The third kappa shape index (κ3) is 4.12. The number of carbonyl (C=O) groups excluding carboxylic acids is 1. The highest BCUT2D eigenvalue weighted by molar-refractivity contribution is 9.10. The number of amides is 1. The van der Waals surface area contributed by atoms with E-state index in [1.165, 1.54) is 0 Å². The van der Waals surface area contributed by atoms with Gasteiger partial charge < -0.3 is 19.1 Å². The standard InChI is InChI=1S/C20H22BrNO4/c1-24-16-9-10-17(19(12-16)25-2)18-4-3-11-22(18)20(23)13-26-15-7-5-14(21)6-8-15/h5-10,12,18H,3-4,11,13H2,1-2H3/t18-/m1/s1. The Bertz CT molecular complexity index is 763. The molecule has 0 saturated carbocycles. The van der Waals surface area contributed by atoms with E-state index in [0.717, 1.165) is 40.9 Å². The summed E-state index contributed by atoms with van der Waals surface area (Å²) in [7, 11) is 3.26. The van der Waals surface area contributed by atoms with Crippen LogP contribution in [0.1, 0.15) is 24.4 Å². The Morgan fingerprint density at radius 2 is 1.85 bits per heavy atom. The molecule has 1 heterocycles. The maximum Gasteiger partial charge on any atom is 0.261 e. The highest BCUT2D eigenvalue weighted by Crippen LogP contribution is 2.38. The highest BCUT2D eigenvalue weighted by Gasteiger charge is 2.32. The second-order valence-corrected chi connectivity index (χ2v) is 7.01. The number of rotatable bonds is 6. The van der Waals surface area contributed by atoms with Gasteiger partial charge in [0.15, 0.2) is 6.61 Å². The lowest BCUT2D eigenvalue weighted by Gasteiger charge is -2.26. The van der Waals surface area contributed by atoms with E-state index in [-0.39, 0.29) is 18.6 Å². The van der Waals surface area contributed by atoms with Crippen molar-refractivity contribution in [3.8, 4) is 17.2 Å². The Balaban J connectivity index is 1.71. The molecule has 1 saturated heterocycles. The SMILES string of the molecule is COc1ccc([C@H]2CCCN2C(=O)COc2ccc(Br)cc2)c(OC)c1. The topological polar surface area (TPSA) is 48.0 Å². The summed E-state index contributed by atoms with van der Waals surface area (Å²) in [4.78, 5) is 14.6. The van der Waals surface area contributed by atoms with E-state index >= 15 is 0 Å². The number of carbonyl (C=O) groups is 1. The number of halogens is 1. The van der Waals surface area contributed by atoms with Gasteiger partial charge in [0.05, 0.1) is 20.3 Å². The van der Waals surface area contributed by atoms with Crippen molar-refractivity contribution in [2.45, 2.75) is 18.9 Å². The first kappa shape index (κ1) is 18.6. The Hall–Kier alpha value is -2.21. The van der Waals surface area contributed by atoms with Crippen molar-refractivity contribution < 1.29 is 19.0 Å². The molecule has 1 amide bonds. The van der Waals surface area contributed by atoms with Gasteiger partial charge in [-0.3, -0.25) is 4.79 Å². The zero-order chi connectivity index (χ0) is 18.5. The number of nitrogens with zero attached hydrogens (tertiary/aromatic N) is 1. The highest BCUT2D eigenvalue weighted by atomic mass is 79.9. The van der Waals surface area contributed by atoms with Crippen molar-refractivity contribution in [3.05, 3.63) is 52.5 Å². The van der Waals surface area contributed by atoms with Crippen LogP contribution in [-0.2, 0) is 4.79 Å². The minimum absolute atomic E-state index is 0.00289. The quantitative estimate of drug-likeness (QED) is 0.703. The van der Waals surface area contributed by atoms with Crippen molar-refractivity contribution >= 4 is 21.8 Å². The first-order valence-corrected chi connectivity index (χ1v) is 9.31. The van der Waals surface area contributed by atoms with Crippen molar-refractivity contribution in [1.82, 2.24) is 4.90 Å². The molecule has 2 aromatic rings. The molecular weight excluding hydrogens is 398 g/mol. The molecule has 6 heteroatoms. The fourth-order valence-corrected chi connectivity index (χ4v) is 3.51. The fourth-order valence-electron chi connectivity index (χ4n) is 3.24.